The Hall–Kier alpha value is -0.810. The van der Waals surface area contributed by atoms with Gasteiger partial charge in [0, 0.05) is 32.3 Å². The van der Waals surface area contributed by atoms with Crippen molar-refractivity contribution in [1.29, 1.82) is 0 Å². The van der Waals surface area contributed by atoms with Gasteiger partial charge < -0.3 is 20.1 Å². The molecular weight excluding hydrogens is 256 g/mol. The van der Waals surface area contributed by atoms with Gasteiger partial charge in [0.15, 0.2) is 0 Å². The third kappa shape index (κ3) is 3.64. The van der Waals surface area contributed by atoms with Crippen molar-refractivity contribution in [2.24, 2.45) is 11.1 Å². The molecule has 0 aromatic heterocycles. The molecule has 2 rings (SSSR count). The Kier molecular flexibility index (Phi) is 4.59. The number of piperidine rings is 1. The number of nitrogens with two attached hydrogens (primary N) is 1. The fraction of sp³-hybridized carbons (Fsp3) is 0.933. The summed E-state index contributed by atoms with van der Waals surface area (Å²) in [6.45, 7) is 8.56. The molecule has 0 aromatic carbocycles. The van der Waals surface area contributed by atoms with E-state index < -0.39 is 5.60 Å². The first-order valence-corrected chi connectivity index (χ1v) is 7.63. The van der Waals surface area contributed by atoms with Crippen LogP contribution >= 0.6 is 0 Å². The van der Waals surface area contributed by atoms with Gasteiger partial charge in [0.1, 0.15) is 5.60 Å². The fourth-order valence-corrected chi connectivity index (χ4v) is 3.19. The van der Waals surface area contributed by atoms with E-state index in [9.17, 15) is 4.79 Å². The van der Waals surface area contributed by atoms with E-state index in [-0.39, 0.29) is 17.6 Å². The lowest BCUT2D eigenvalue weighted by molar-refractivity contribution is -0.0516. The van der Waals surface area contributed by atoms with Crippen molar-refractivity contribution in [3.63, 3.8) is 0 Å². The third-order valence-corrected chi connectivity index (χ3v) is 4.41. The Balaban J connectivity index is 2.08. The monoisotopic (exact) mass is 284 g/mol. The maximum atomic E-state index is 12.4. The van der Waals surface area contributed by atoms with Gasteiger partial charge in [-0.05, 0) is 51.9 Å². The molecule has 2 aliphatic rings. The zero-order valence-electron chi connectivity index (χ0n) is 13.0. The fourth-order valence-electron chi connectivity index (χ4n) is 3.19. The molecule has 2 N–H and O–H groups in total. The summed E-state index contributed by atoms with van der Waals surface area (Å²) in [4.78, 5) is 14.3. The number of carbonyl (C=O) groups excluding carboxylic acids is 1. The maximum absolute atomic E-state index is 12.4. The average Bonchev–Trinajstić information content (AvgIpc) is 2.38. The highest BCUT2D eigenvalue weighted by molar-refractivity contribution is 5.69. The zero-order chi connectivity index (χ0) is 14.8. The molecule has 20 heavy (non-hydrogen) atoms. The van der Waals surface area contributed by atoms with Crippen LogP contribution in [-0.4, -0.2) is 48.9 Å². The van der Waals surface area contributed by atoms with Crippen LogP contribution in [0.2, 0.25) is 0 Å². The minimum Gasteiger partial charge on any atom is -0.444 e. The van der Waals surface area contributed by atoms with E-state index in [1.807, 2.05) is 25.7 Å². The quantitative estimate of drug-likeness (QED) is 0.801. The van der Waals surface area contributed by atoms with Gasteiger partial charge >= 0.3 is 6.09 Å². The average molecular weight is 284 g/mol. The molecule has 0 saturated carbocycles. The van der Waals surface area contributed by atoms with Crippen molar-refractivity contribution in [3.05, 3.63) is 0 Å². The second-order valence-electron chi connectivity index (χ2n) is 7.15. The number of nitrogens with zero attached hydrogens (tertiary/aromatic N) is 1. The summed E-state index contributed by atoms with van der Waals surface area (Å²) in [6, 6.07) is 0.110. The number of ether oxygens (including phenoxy) is 2. The number of amides is 1. The second kappa shape index (κ2) is 5.90. The second-order valence-corrected chi connectivity index (χ2v) is 7.15. The summed E-state index contributed by atoms with van der Waals surface area (Å²) in [7, 11) is 0. The first-order chi connectivity index (χ1) is 9.35. The molecule has 0 aliphatic carbocycles. The smallest absolute Gasteiger partial charge is 0.410 e. The molecule has 5 nitrogen and oxygen atoms in total. The zero-order valence-corrected chi connectivity index (χ0v) is 13.0. The van der Waals surface area contributed by atoms with Gasteiger partial charge in [0.05, 0.1) is 0 Å². The van der Waals surface area contributed by atoms with Crippen molar-refractivity contribution in [3.8, 4) is 0 Å². The summed E-state index contributed by atoms with van der Waals surface area (Å²) >= 11 is 0. The van der Waals surface area contributed by atoms with Crippen molar-refractivity contribution in [2.75, 3.05) is 26.3 Å². The minimum absolute atomic E-state index is 0.110. The van der Waals surface area contributed by atoms with Gasteiger partial charge in [0.2, 0.25) is 0 Å². The lowest BCUT2D eigenvalue weighted by atomic mass is 9.72. The van der Waals surface area contributed by atoms with Crippen LogP contribution in [0.3, 0.4) is 0 Å². The summed E-state index contributed by atoms with van der Waals surface area (Å²) in [5.41, 5.74) is 5.59. The first-order valence-electron chi connectivity index (χ1n) is 7.63. The van der Waals surface area contributed by atoms with E-state index in [0.29, 0.717) is 6.54 Å². The molecule has 2 saturated heterocycles. The van der Waals surface area contributed by atoms with Crippen LogP contribution in [0, 0.1) is 5.41 Å². The number of rotatable bonds is 1. The SMILES string of the molecule is CC(C)(C)OC(=O)N1CC2(CCOCC2)CCC1CN. The maximum Gasteiger partial charge on any atom is 0.410 e. The van der Waals surface area contributed by atoms with Crippen LogP contribution in [0.1, 0.15) is 46.5 Å². The molecule has 1 amide bonds. The van der Waals surface area contributed by atoms with Crippen molar-refractivity contribution in [1.82, 2.24) is 4.90 Å². The van der Waals surface area contributed by atoms with Gasteiger partial charge in [-0.15, -0.1) is 0 Å². The Morgan fingerprint density at radius 2 is 2.00 bits per heavy atom. The van der Waals surface area contributed by atoms with Crippen LogP contribution < -0.4 is 5.73 Å². The molecule has 0 bridgehead atoms. The molecule has 2 fully saturated rings. The van der Waals surface area contributed by atoms with Crippen LogP contribution in [0.5, 0.6) is 0 Å². The summed E-state index contributed by atoms with van der Waals surface area (Å²) in [5, 5.41) is 0. The molecule has 2 heterocycles. The predicted molar refractivity (Wildman–Crippen MR) is 77.5 cm³/mol. The molecule has 1 spiro atoms. The lowest BCUT2D eigenvalue weighted by Crippen LogP contribution is -2.56. The molecule has 1 unspecified atom stereocenters. The van der Waals surface area contributed by atoms with Gasteiger partial charge in [-0.3, -0.25) is 0 Å². The number of hydrogen-bond acceptors (Lipinski definition) is 4. The Labute approximate surface area is 121 Å². The van der Waals surface area contributed by atoms with E-state index in [0.717, 1.165) is 45.4 Å². The van der Waals surface area contributed by atoms with Crippen LogP contribution in [0.15, 0.2) is 0 Å². The molecule has 0 aromatic rings. The number of hydrogen-bond donors (Lipinski definition) is 1. The highest BCUT2D eigenvalue weighted by Gasteiger charge is 2.43. The normalized spacial score (nSPS) is 26.6. The highest BCUT2D eigenvalue weighted by Crippen LogP contribution is 2.41. The van der Waals surface area contributed by atoms with E-state index >= 15 is 0 Å². The molecule has 1 atom stereocenters. The summed E-state index contributed by atoms with van der Waals surface area (Å²) < 4.78 is 11.0. The Bertz CT molecular complexity index is 346. The number of carbonyl (C=O) groups is 1. The van der Waals surface area contributed by atoms with Gasteiger partial charge in [-0.2, -0.15) is 0 Å². The summed E-state index contributed by atoms with van der Waals surface area (Å²) in [5.74, 6) is 0. The molecular formula is C15H28N2O3. The van der Waals surface area contributed by atoms with Crippen molar-refractivity contribution in [2.45, 2.75) is 58.1 Å². The van der Waals surface area contributed by atoms with E-state index in [2.05, 4.69) is 0 Å². The van der Waals surface area contributed by atoms with E-state index in [1.165, 1.54) is 0 Å². The lowest BCUT2D eigenvalue weighted by Gasteiger charge is -2.48. The van der Waals surface area contributed by atoms with Crippen molar-refractivity contribution < 1.29 is 14.3 Å². The summed E-state index contributed by atoms with van der Waals surface area (Å²) in [6.07, 6.45) is 3.94. The highest BCUT2D eigenvalue weighted by atomic mass is 16.6. The van der Waals surface area contributed by atoms with Gasteiger partial charge in [0.25, 0.3) is 0 Å². The van der Waals surface area contributed by atoms with Crippen molar-refractivity contribution >= 4 is 6.09 Å². The predicted octanol–water partition coefficient (Wildman–Crippen LogP) is 2.14. The van der Waals surface area contributed by atoms with Crippen LogP contribution in [0.25, 0.3) is 0 Å². The first kappa shape index (κ1) is 15.6. The minimum atomic E-state index is -0.462. The molecule has 116 valence electrons. The van der Waals surface area contributed by atoms with Crippen LogP contribution in [0.4, 0.5) is 4.79 Å². The third-order valence-electron chi connectivity index (χ3n) is 4.41. The van der Waals surface area contributed by atoms with E-state index in [1.54, 1.807) is 0 Å². The topological polar surface area (TPSA) is 64.8 Å². The van der Waals surface area contributed by atoms with Gasteiger partial charge in [-0.25, -0.2) is 4.79 Å². The molecule has 2 aliphatic heterocycles. The Morgan fingerprint density at radius 3 is 2.55 bits per heavy atom. The molecule has 5 heteroatoms. The standard InChI is InChI=1S/C15H28N2O3/c1-14(2,3)20-13(18)17-11-15(5-4-12(17)10-16)6-8-19-9-7-15/h12H,4-11,16H2,1-3H3. The number of likely N-dealkylation sites (tertiary alicyclic amines) is 1. The van der Waals surface area contributed by atoms with Crippen LogP contribution in [-0.2, 0) is 9.47 Å². The molecule has 0 radical (unpaired) electrons. The van der Waals surface area contributed by atoms with E-state index in [4.69, 9.17) is 15.2 Å². The Morgan fingerprint density at radius 1 is 1.35 bits per heavy atom. The largest absolute Gasteiger partial charge is 0.444 e. The van der Waals surface area contributed by atoms with Gasteiger partial charge in [-0.1, -0.05) is 0 Å².